The Kier molecular flexibility index (Phi) is 5.01. The minimum absolute atomic E-state index is 0.560. The van der Waals surface area contributed by atoms with Crippen molar-refractivity contribution in [1.29, 1.82) is 0 Å². The number of pyridine rings is 1. The molecule has 2 heterocycles. The lowest BCUT2D eigenvalue weighted by Gasteiger charge is -2.31. The van der Waals surface area contributed by atoms with Crippen LogP contribution < -0.4 is 10.2 Å². The number of nitrogens with zero attached hydrogens (tertiary/aromatic N) is 2. The maximum absolute atomic E-state index is 12.6. The Hall–Kier alpha value is -1.73. The predicted octanol–water partition coefficient (Wildman–Crippen LogP) is 3.97. The molecule has 0 amide bonds. The zero-order chi connectivity index (χ0) is 17.2. The fraction of sp³-hybridized carbons (Fsp3) is 0.353. The molecule has 1 N–H and O–H groups in total. The van der Waals surface area contributed by atoms with E-state index in [2.05, 4.69) is 33.4 Å². The van der Waals surface area contributed by atoms with E-state index in [0.717, 1.165) is 54.6 Å². The van der Waals surface area contributed by atoms with Gasteiger partial charge in [0.1, 0.15) is 5.03 Å². The smallest absolute Gasteiger partial charge is 0.368 e. The molecule has 3 nitrogen and oxygen atoms in total. The molecular formula is C17H18F3N3S. The fourth-order valence-electron chi connectivity index (χ4n) is 2.59. The van der Waals surface area contributed by atoms with E-state index in [1.807, 2.05) is 6.92 Å². The highest BCUT2D eigenvalue weighted by Gasteiger charge is 2.30. The topological polar surface area (TPSA) is 28.2 Å². The summed E-state index contributed by atoms with van der Waals surface area (Å²) in [5.74, 6) is 0. The Labute approximate surface area is 143 Å². The normalized spacial score (nSPS) is 15.6. The van der Waals surface area contributed by atoms with Crippen molar-refractivity contribution in [3.63, 3.8) is 0 Å². The summed E-state index contributed by atoms with van der Waals surface area (Å²) in [5, 5.41) is 3.88. The van der Waals surface area contributed by atoms with E-state index in [1.54, 1.807) is 0 Å². The Morgan fingerprint density at radius 1 is 1.12 bits per heavy atom. The van der Waals surface area contributed by atoms with Gasteiger partial charge in [0, 0.05) is 37.3 Å². The number of hydrogen-bond donors (Lipinski definition) is 1. The Bertz CT molecular complexity index is 695. The average molecular weight is 353 g/mol. The van der Waals surface area contributed by atoms with E-state index < -0.39 is 11.7 Å². The van der Waals surface area contributed by atoms with E-state index in [0.29, 0.717) is 5.03 Å². The van der Waals surface area contributed by atoms with Gasteiger partial charge in [0.2, 0.25) is 0 Å². The largest absolute Gasteiger partial charge is 0.417 e. The van der Waals surface area contributed by atoms with Crippen LogP contribution in [0.15, 0.2) is 46.5 Å². The molecule has 2 aromatic rings. The molecule has 24 heavy (non-hydrogen) atoms. The van der Waals surface area contributed by atoms with Gasteiger partial charge in [-0.3, -0.25) is 0 Å². The van der Waals surface area contributed by atoms with Gasteiger partial charge in [0.05, 0.1) is 11.3 Å². The van der Waals surface area contributed by atoms with Gasteiger partial charge >= 0.3 is 6.18 Å². The second-order valence-electron chi connectivity index (χ2n) is 5.69. The zero-order valence-electron chi connectivity index (χ0n) is 13.2. The molecule has 3 rings (SSSR count). The molecule has 1 aliphatic heterocycles. The molecule has 1 aliphatic rings. The second kappa shape index (κ2) is 7.03. The van der Waals surface area contributed by atoms with Crippen LogP contribution in [0.2, 0.25) is 0 Å². The van der Waals surface area contributed by atoms with Crippen LogP contribution in [-0.4, -0.2) is 31.2 Å². The highest BCUT2D eigenvalue weighted by atomic mass is 32.2. The number of aryl methyl sites for hydroxylation is 1. The monoisotopic (exact) mass is 353 g/mol. The summed E-state index contributed by atoms with van der Waals surface area (Å²) < 4.78 is 37.9. The summed E-state index contributed by atoms with van der Waals surface area (Å²) in [7, 11) is 0. The Morgan fingerprint density at radius 2 is 1.88 bits per heavy atom. The van der Waals surface area contributed by atoms with Gasteiger partial charge < -0.3 is 10.2 Å². The van der Waals surface area contributed by atoms with E-state index >= 15 is 0 Å². The van der Waals surface area contributed by atoms with Crippen LogP contribution in [-0.2, 0) is 6.18 Å². The zero-order valence-corrected chi connectivity index (χ0v) is 14.0. The molecule has 0 atom stereocenters. The predicted molar refractivity (Wildman–Crippen MR) is 89.6 cm³/mol. The number of piperazine rings is 1. The molecule has 0 aliphatic carbocycles. The number of halogens is 3. The molecule has 1 aromatic heterocycles. The molecule has 0 bridgehead atoms. The molecule has 0 radical (unpaired) electrons. The maximum Gasteiger partial charge on any atom is 0.417 e. The Morgan fingerprint density at radius 3 is 2.50 bits per heavy atom. The molecule has 0 spiro atoms. The highest BCUT2D eigenvalue weighted by Crippen LogP contribution is 2.36. The lowest BCUT2D eigenvalue weighted by Crippen LogP contribution is -2.43. The SMILES string of the molecule is Cc1ccc(N2CCNCC2)c(Sc2ccc(C(F)(F)F)cn2)c1. The first-order valence-electron chi connectivity index (χ1n) is 7.71. The average Bonchev–Trinajstić information content (AvgIpc) is 2.55. The second-order valence-corrected chi connectivity index (χ2v) is 6.76. The van der Waals surface area contributed by atoms with Crippen LogP contribution in [0.1, 0.15) is 11.1 Å². The van der Waals surface area contributed by atoms with Gasteiger partial charge in [-0.15, -0.1) is 0 Å². The summed E-state index contributed by atoms with van der Waals surface area (Å²) in [5.41, 5.74) is 1.50. The minimum Gasteiger partial charge on any atom is -0.368 e. The van der Waals surface area contributed by atoms with E-state index in [-0.39, 0.29) is 0 Å². The highest BCUT2D eigenvalue weighted by molar-refractivity contribution is 7.99. The van der Waals surface area contributed by atoms with Gasteiger partial charge in [0.25, 0.3) is 0 Å². The number of hydrogen-bond acceptors (Lipinski definition) is 4. The van der Waals surface area contributed by atoms with Crippen LogP contribution in [0.25, 0.3) is 0 Å². The number of alkyl halides is 3. The van der Waals surface area contributed by atoms with Crippen molar-refractivity contribution >= 4 is 17.4 Å². The van der Waals surface area contributed by atoms with Crippen molar-refractivity contribution in [2.75, 3.05) is 31.1 Å². The Balaban J connectivity index is 1.85. The van der Waals surface area contributed by atoms with Crippen LogP contribution in [0.3, 0.4) is 0 Å². The first-order valence-corrected chi connectivity index (χ1v) is 8.52. The van der Waals surface area contributed by atoms with Crippen molar-refractivity contribution in [2.45, 2.75) is 23.0 Å². The van der Waals surface area contributed by atoms with Crippen LogP contribution in [0, 0.1) is 6.92 Å². The lowest BCUT2D eigenvalue weighted by atomic mass is 10.2. The summed E-state index contributed by atoms with van der Waals surface area (Å²) in [6, 6.07) is 8.70. The molecule has 128 valence electrons. The third-order valence-corrected chi connectivity index (χ3v) is 4.85. The molecule has 1 aromatic carbocycles. The van der Waals surface area contributed by atoms with Gasteiger partial charge in [-0.1, -0.05) is 17.8 Å². The third-order valence-electron chi connectivity index (χ3n) is 3.85. The first kappa shape index (κ1) is 17.1. The number of nitrogens with one attached hydrogen (secondary N) is 1. The molecular weight excluding hydrogens is 335 g/mol. The summed E-state index contributed by atoms with van der Waals surface area (Å²) in [6.45, 7) is 5.69. The van der Waals surface area contributed by atoms with Gasteiger partial charge in [-0.25, -0.2) is 4.98 Å². The van der Waals surface area contributed by atoms with Gasteiger partial charge in [-0.2, -0.15) is 13.2 Å². The molecule has 1 fully saturated rings. The van der Waals surface area contributed by atoms with Gasteiger partial charge in [-0.05, 0) is 36.8 Å². The van der Waals surface area contributed by atoms with Crippen LogP contribution in [0.5, 0.6) is 0 Å². The molecule has 0 unspecified atom stereocenters. The number of benzene rings is 1. The first-order chi connectivity index (χ1) is 11.4. The standard InChI is InChI=1S/C17H18F3N3S/c1-12-2-4-14(23-8-6-21-7-9-23)15(10-12)24-16-5-3-13(11-22-16)17(18,19)20/h2-5,10-11,21H,6-9H2,1H3. The van der Waals surface area contributed by atoms with Crippen molar-refractivity contribution in [3.8, 4) is 0 Å². The maximum atomic E-state index is 12.6. The van der Waals surface area contributed by atoms with Crippen molar-refractivity contribution in [2.24, 2.45) is 0 Å². The number of aromatic nitrogens is 1. The van der Waals surface area contributed by atoms with E-state index in [1.165, 1.54) is 17.8 Å². The van der Waals surface area contributed by atoms with Crippen LogP contribution >= 0.6 is 11.8 Å². The van der Waals surface area contributed by atoms with Crippen molar-refractivity contribution in [3.05, 3.63) is 47.7 Å². The molecule has 1 saturated heterocycles. The molecule has 0 saturated carbocycles. The quantitative estimate of drug-likeness (QED) is 0.904. The van der Waals surface area contributed by atoms with E-state index in [4.69, 9.17) is 0 Å². The molecule has 7 heteroatoms. The fourth-order valence-corrected chi connectivity index (χ4v) is 3.60. The lowest BCUT2D eigenvalue weighted by molar-refractivity contribution is -0.137. The van der Waals surface area contributed by atoms with Crippen molar-refractivity contribution in [1.82, 2.24) is 10.3 Å². The number of rotatable bonds is 3. The summed E-state index contributed by atoms with van der Waals surface area (Å²) in [4.78, 5) is 7.28. The number of anilines is 1. The third kappa shape index (κ3) is 4.02. The van der Waals surface area contributed by atoms with Crippen LogP contribution in [0.4, 0.5) is 18.9 Å². The van der Waals surface area contributed by atoms with Crippen molar-refractivity contribution < 1.29 is 13.2 Å². The summed E-state index contributed by atoms with van der Waals surface area (Å²) >= 11 is 1.40. The van der Waals surface area contributed by atoms with E-state index in [9.17, 15) is 13.2 Å². The summed E-state index contributed by atoms with van der Waals surface area (Å²) in [6.07, 6.45) is -3.46. The van der Waals surface area contributed by atoms with Gasteiger partial charge in [0.15, 0.2) is 0 Å². The minimum atomic E-state index is -4.36.